The number of thiocarbonyl (C=S) groups is 1. The molecule has 3 heteroatoms. The highest BCUT2D eigenvalue weighted by Gasteiger charge is 2.54. The van der Waals surface area contributed by atoms with E-state index in [1.165, 1.54) is 32.1 Å². The van der Waals surface area contributed by atoms with Gasteiger partial charge in [-0.25, -0.2) is 0 Å². The van der Waals surface area contributed by atoms with Gasteiger partial charge in [0.1, 0.15) is 6.10 Å². The molecule has 0 aliphatic heterocycles. The highest BCUT2D eigenvalue weighted by atomic mass is 32.1. The summed E-state index contributed by atoms with van der Waals surface area (Å²) in [6, 6.07) is 0. The second-order valence-corrected chi connectivity index (χ2v) is 6.16. The first-order valence-corrected chi connectivity index (χ1v) is 6.51. The summed E-state index contributed by atoms with van der Waals surface area (Å²) in [5, 5.41) is 0. The van der Waals surface area contributed by atoms with E-state index in [0.717, 1.165) is 23.7 Å². The van der Waals surface area contributed by atoms with Crippen LogP contribution in [0.25, 0.3) is 0 Å². The Labute approximate surface area is 96.0 Å². The van der Waals surface area contributed by atoms with Crippen LogP contribution in [0, 0.1) is 23.7 Å². The van der Waals surface area contributed by atoms with Gasteiger partial charge in [0.2, 0.25) is 4.38 Å². The van der Waals surface area contributed by atoms with Crippen LogP contribution in [-0.2, 0) is 4.74 Å². The summed E-state index contributed by atoms with van der Waals surface area (Å²) in [5.41, 5.74) is 0. The van der Waals surface area contributed by atoms with Gasteiger partial charge < -0.3 is 4.74 Å². The predicted molar refractivity (Wildman–Crippen MR) is 63.5 cm³/mol. The van der Waals surface area contributed by atoms with Gasteiger partial charge in [-0.05, 0) is 61.6 Å². The van der Waals surface area contributed by atoms with Gasteiger partial charge in [0.15, 0.2) is 0 Å². The monoisotopic (exact) mass is 228 g/mol. The van der Waals surface area contributed by atoms with E-state index in [-0.39, 0.29) is 0 Å². The summed E-state index contributed by atoms with van der Waals surface area (Å²) in [6.07, 6.45) is 7.41. The van der Waals surface area contributed by atoms with E-state index in [1.807, 2.05) is 0 Å². The van der Waals surface area contributed by atoms with Crippen molar-refractivity contribution >= 4 is 29.2 Å². The molecule has 0 saturated heterocycles. The maximum Gasteiger partial charge on any atom is 0.217 e. The Morgan fingerprint density at radius 2 is 1.93 bits per heavy atom. The minimum atomic E-state index is 0.407. The Kier molecular flexibility index (Phi) is 2.28. The summed E-state index contributed by atoms with van der Waals surface area (Å²) >= 11 is 8.98. The largest absolute Gasteiger partial charge is 0.475 e. The molecule has 3 rings (SSSR count). The number of rotatable bonds is 1. The van der Waals surface area contributed by atoms with Gasteiger partial charge in [-0.1, -0.05) is 19.0 Å². The molecular weight excluding hydrogens is 212 g/mol. The van der Waals surface area contributed by atoms with Crippen LogP contribution in [0.1, 0.15) is 32.1 Å². The van der Waals surface area contributed by atoms with Gasteiger partial charge in [0, 0.05) is 0 Å². The van der Waals surface area contributed by atoms with E-state index in [2.05, 4.69) is 12.6 Å². The molecule has 5 atom stereocenters. The van der Waals surface area contributed by atoms with E-state index in [0.29, 0.717) is 10.5 Å². The van der Waals surface area contributed by atoms with Crippen molar-refractivity contribution in [2.24, 2.45) is 23.7 Å². The zero-order valence-electron chi connectivity index (χ0n) is 8.19. The van der Waals surface area contributed by atoms with Crippen LogP contribution >= 0.6 is 24.8 Å². The first-order valence-electron chi connectivity index (χ1n) is 5.65. The fraction of sp³-hybridized carbons (Fsp3) is 0.909. The highest BCUT2D eigenvalue weighted by Crippen LogP contribution is 2.59. The number of fused-ring (bicyclic) bond motifs is 5. The number of hydrogen-bond donors (Lipinski definition) is 1. The molecule has 1 nitrogen and oxygen atoms in total. The molecule has 2 bridgehead atoms. The van der Waals surface area contributed by atoms with Gasteiger partial charge in [-0.15, -0.1) is 0 Å². The van der Waals surface area contributed by atoms with Crippen molar-refractivity contribution in [1.29, 1.82) is 0 Å². The van der Waals surface area contributed by atoms with Gasteiger partial charge in [-0.2, -0.15) is 0 Å². The number of thiol groups is 1. The molecule has 3 aliphatic rings. The lowest BCUT2D eigenvalue weighted by Gasteiger charge is -2.31. The highest BCUT2D eigenvalue weighted by molar-refractivity contribution is 8.10. The van der Waals surface area contributed by atoms with Crippen LogP contribution in [-0.4, -0.2) is 10.5 Å². The maximum atomic E-state index is 5.65. The molecule has 0 N–H and O–H groups in total. The molecule has 3 fully saturated rings. The Morgan fingerprint density at radius 3 is 2.71 bits per heavy atom. The molecule has 0 radical (unpaired) electrons. The van der Waals surface area contributed by atoms with Crippen LogP contribution in [0.2, 0.25) is 0 Å². The summed E-state index contributed by atoms with van der Waals surface area (Å²) in [6.45, 7) is 0. The van der Waals surface area contributed by atoms with Gasteiger partial charge in [0.05, 0.1) is 0 Å². The summed E-state index contributed by atoms with van der Waals surface area (Å²) in [4.78, 5) is 0. The minimum absolute atomic E-state index is 0.407. The third-order valence-electron chi connectivity index (χ3n) is 4.62. The van der Waals surface area contributed by atoms with Gasteiger partial charge in [0.25, 0.3) is 0 Å². The van der Waals surface area contributed by atoms with E-state index in [1.54, 1.807) is 0 Å². The Morgan fingerprint density at radius 1 is 1.14 bits per heavy atom. The fourth-order valence-corrected chi connectivity index (χ4v) is 4.53. The molecule has 0 heterocycles. The van der Waals surface area contributed by atoms with Crippen molar-refractivity contribution in [2.75, 3.05) is 0 Å². The molecule has 3 saturated carbocycles. The average molecular weight is 228 g/mol. The van der Waals surface area contributed by atoms with Crippen LogP contribution in [0.15, 0.2) is 0 Å². The standard InChI is InChI=1S/C11H16OS2/c13-11(14)12-10-5-6-4-9(10)8-3-1-2-7(6)8/h6-10H,1-5H2,(H,13,14)/t6-,7?,8-,9-,10?/m1/s1. The normalized spacial score (nSPS) is 49.4. The molecule has 0 aromatic heterocycles. The van der Waals surface area contributed by atoms with Crippen LogP contribution in [0.4, 0.5) is 0 Å². The molecule has 0 aromatic rings. The van der Waals surface area contributed by atoms with Crippen molar-refractivity contribution in [3.63, 3.8) is 0 Å². The van der Waals surface area contributed by atoms with Crippen LogP contribution < -0.4 is 0 Å². The van der Waals surface area contributed by atoms with Gasteiger partial charge >= 0.3 is 0 Å². The lowest BCUT2D eigenvalue weighted by molar-refractivity contribution is 0.0814. The Bertz CT molecular complexity index is 266. The maximum absolute atomic E-state index is 5.65. The average Bonchev–Trinajstić information content (AvgIpc) is 2.68. The topological polar surface area (TPSA) is 9.23 Å². The molecule has 14 heavy (non-hydrogen) atoms. The Balaban J connectivity index is 1.73. The Hall–Kier alpha value is 0.240. The third-order valence-corrected chi connectivity index (χ3v) is 4.82. The molecular formula is C11H16OS2. The van der Waals surface area contributed by atoms with Crippen molar-refractivity contribution in [3.8, 4) is 0 Å². The lowest BCUT2D eigenvalue weighted by atomic mass is 9.80. The molecule has 0 aromatic carbocycles. The molecule has 0 spiro atoms. The molecule has 78 valence electrons. The van der Waals surface area contributed by atoms with Crippen molar-refractivity contribution in [1.82, 2.24) is 0 Å². The summed E-state index contributed by atoms with van der Waals surface area (Å²) in [7, 11) is 0. The number of hydrogen-bond acceptors (Lipinski definition) is 2. The summed E-state index contributed by atoms with van der Waals surface area (Å²) in [5.74, 6) is 3.74. The summed E-state index contributed by atoms with van der Waals surface area (Å²) < 4.78 is 6.09. The smallest absolute Gasteiger partial charge is 0.217 e. The van der Waals surface area contributed by atoms with E-state index >= 15 is 0 Å². The van der Waals surface area contributed by atoms with Crippen LogP contribution in [0.3, 0.4) is 0 Å². The third kappa shape index (κ3) is 1.32. The zero-order valence-corrected chi connectivity index (χ0v) is 9.90. The van der Waals surface area contributed by atoms with Crippen molar-refractivity contribution < 1.29 is 4.74 Å². The first-order chi connectivity index (χ1) is 6.75. The zero-order chi connectivity index (χ0) is 9.71. The quantitative estimate of drug-likeness (QED) is 0.545. The SMILES string of the molecule is S=C(S)OC1C[C@H]2C[C@@H]1[C@@H]1CCCC21. The number of ether oxygens (including phenoxy) is 1. The van der Waals surface area contributed by atoms with E-state index in [9.17, 15) is 0 Å². The predicted octanol–water partition coefficient (Wildman–Crippen LogP) is 3.04. The molecule has 0 amide bonds. The second-order valence-electron chi connectivity index (χ2n) is 5.08. The van der Waals surface area contributed by atoms with Gasteiger partial charge in [-0.3, -0.25) is 0 Å². The van der Waals surface area contributed by atoms with Crippen molar-refractivity contribution in [2.45, 2.75) is 38.2 Å². The lowest BCUT2D eigenvalue weighted by Crippen LogP contribution is -2.30. The molecule has 2 unspecified atom stereocenters. The second kappa shape index (κ2) is 3.38. The van der Waals surface area contributed by atoms with E-state index in [4.69, 9.17) is 17.0 Å². The van der Waals surface area contributed by atoms with Crippen molar-refractivity contribution in [3.05, 3.63) is 0 Å². The fourth-order valence-electron chi connectivity index (χ4n) is 4.27. The minimum Gasteiger partial charge on any atom is -0.475 e. The van der Waals surface area contributed by atoms with E-state index < -0.39 is 0 Å². The van der Waals surface area contributed by atoms with Crippen LogP contribution in [0.5, 0.6) is 0 Å². The molecule has 3 aliphatic carbocycles. The first kappa shape index (κ1) is 9.46.